The molecule has 0 radical (unpaired) electrons. The van der Waals surface area contributed by atoms with Gasteiger partial charge in [-0.2, -0.15) is 0 Å². The van der Waals surface area contributed by atoms with Crippen molar-refractivity contribution in [2.24, 2.45) is 0 Å². The molecule has 1 unspecified atom stereocenters. The monoisotopic (exact) mass is 361 g/mol. The number of ether oxygens (including phenoxy) is 1. The fourth-order valence-corrected chi connectivity index (χ4v) is 2.46. The lowest BCUT2D eigenvalue weighted by Crippen LogP contribution is -2.37. The fourth-order valence-electron chi connectivity index (χ4n) is 2.20. The highest BCUT2D eigenvalue weighted by Gasteiger charge is 2.09. The Kier molecular flexibility index (Phi) is 6.01. The molecule has 0 spiro atoms. The van der Waals surface area contributed by atoms with E-state index in [0.29, 0.717) is 0 Å². The molecule has 0 saturated heterocycles. The molecule has 0 aliphatic carbocycles. The number of rotatable bonds is 6. The molecular formula is C18H20BrNO2. The molecule has 0 aliphatic rings. The summed E-state index contributed by atoms with van der Waals surface area (Å²) >= 11 is 3.41. The van der Waals surface area contributed by atoms with Crippen LogP contribution in [0.3, 0.4) is 0 Å². The molecule has 4 heteroatoms. The first-order chi connectivity index (χ1) is 10.5. The van der Waals surface area contributed by atoms with Crippen molar-refractivity contribution in [3.63, 3.8) is 0 Å². The molecule has 2 aromatic carbocycles. The van der Waals surface area contributed by atoms with Crippen LogP contribution in [0, 0.1) is 6.92 Å². The van der Waals surface area contributed by atoms with E-state index < -0.39 is 0 Å². The van der Waals surface area contributed by atoms with Crippen molar-refractivity contribution in [1.29, 1.82) is 0 Å². The van der Waals surface area contributed by atoms with Crippen molar-refractivity contribution in [1.82, 2.24) is 5.32 Å². The number of nitrogens with one attached hydrogen (secondary N) is 1. The van der Waals surface area contributed by atoms with Gasteiger partial charge < -0.3 is 10.1 Å². The predicted molar refractivity (Wildman–Crippen MR) is 92.1 cm³/mol. The SMILES string of the molecule is Cc1cccc(OCC(=O)NC(C)Cc2ccc(Br)cc2)c1. The van der Waals surface area contributed by atoms with Gasteiger partial charge in [-0.3, -0.25) is 4.79 Å². The highest BCUT2D eigenvalue weighted by molar-refractivity contribution is 9.10. The molecule has 22 heavy (non-hydrogen) atoms. The summed E-state index contributed by atoms with van der Waals surface area (Å²) in [7, 11) is 0. The number of carbonyl (C=O) groups is 1. The predicted octanol–water partition coefficient (Wildman–Crippen LogP) is 3.88. The highest BCUT2D eigenvalue weighted by atomic mass is 79.9. The van der Waals surface area contributed by atoms with Crippen LogP contribution in [-0.2, 0) is 11.2 Å². The maximum atomic E-state index is 11.9. The van der Waals surface area contributed by atoms with Crippen LogP contribution in [0.15, 0.2) is 53.0 Å². The number of hydrogen-bond acceptors (Lipinski definition) is 2. The molecule has 1 atom stereocenters. The lowest BCUT2D eigenvalue weighted by molar-refractivity contribution is -0.123. The minimum absolute atomic E-state index is 0.0358. The molecular weight excluding hydrogens is 342 g/mol. The molecule has 1 N–H and O–H groups in total. The van der Waals surface area contributed by atoms with Crippen molar-refractivity contribution in [3.05, 3.63) is 64.1 Å². The molecule has 1 amide bonds. The van der Waals surface area contributed by atoms with E-state index in [0.717, 1.165) is 22.2 Å². The molecule has 2 aromatic rings. The molecule has 0 bridgehead atoms. The average molecular weight is 362 g/mol. The minimum Gasteiger partial charge on any atom is -0.484 e. The molecule has 0 aliphatic heterocycles. The van der Waals surface area contributed by atoms with Crippen LogP contribution in [0.4, 0.5) is 0 Å². The van der Waals surface area contributed by atoms with E-state index in [4.69, 9.17) is 4.74 Å². The van der Waals surface area contributed by atoms with Crippen molar-refractivity contribution in [3.8, 4) is 5.75 Å². The lowest BCUT2D eigenvalue weighted by atomic mass is 10.1. The van der Waals surface area contributed by atoms with Gasteiger partial charge in [0.25, 0.3) is 5.91 Å². The van der Waals surface area contributed by atoms with Gasteiger partial charge in [0.05, 0.1) is 0 Å². The quantitative estimate of drug-likeness (QED) is 0.847. The van der Waals surface area contributed by atoms with Gasteiger partial charge in [0, 0.05) is 10.5 Å². The summed E-state index contributed by atoms with van der Waals surface area (Å²) in [5.74, 6) is 0.613. The van der Waals surface area contributed by atoms with E-state index >= 15 is 0 Å². The third-order valence-corrected chi connectivity index (χ3v) is 3.75. The second-order valence-electron chi connectivity index (χ2n) is 5.40. The minimum atomic E-state index is -0.105. The van der Waals surface area contributed by atoms with Crippen molar-refractivity contribution in [2.75, 3.05) is 6.61 Å². The normalized spacial score (nSPS) is 11.8. The Hall–Kier alpha value is -1.81. The van der Waals surface area contributed by atoms with E-state index in [1.807, 2.05) is 50.2 Å². The van der Waals surface area contributed by atoms with E-state index in [2.05, 4.69) is 33.4 Å². The van der Waals surface area contributed by atoms with Gasteiger partial charge in [-0.05, 0) is 55.7 Å². The van der Waals surface area contributed by atoms with Gasteiger partial charge in [0.2, 0.25) is 0 Å². The number of hydrogen-bond donors (Lipinski definition) is 1. The Balaban J connectivity index is 1.77. The number of aryl methyl sites for hydroxylation is 1. The third kappa shape index (κ3) is 5.53. The summed E-state index contributed by atoms with van der Waals surface area (Å²) in [5, 5.41) is 2.95. The third-order valence-electron chi connectivity index (χ3n) is 3.22. The van der Waals surface area contributed by atoms with Crippen LogP contribution in [-0.4, -0.2) is 18.6 Å². The maximum Gasteiger partial charge on any atom is 0.258 e. The van der Waals surface area contributed by atoms with E-state index in [1.165, 1.54) is 5.56 Å². The zero-order chi connectivity index (χ0) is 15.9. The Morgan fingerprint density at radius 3 is 2.64 bits per heavy atom. The first-order valence-electron chi connectivity index (χ1n) is 7.26. The average Bonchev–Trinajstić information content (AvgIpc) is 2.47. The first kappa shape index (κ1) is 16.6. The van der Waals surface area contributed by atoms with E-state index in [1.54, 1.807) is 0 Å². The Morgan fingerprint density at radius 1 is 1.23 bits per heavy atom. The Bertz CT molecular complexity index is 625. The molecule has 0 aromatic heterocycles. The van der Waals surface area contributed by atoms with Gasteiger partial charge >= 0.3 is 0 Å². The van der Waals surface area contributed by atoms with Gasteiger partial charge in [0.1, 0.15) is 5.75 Å². The zero-order valence-electron chi connectivity index (χ0n) is 12.8. The molecule has 0 fully saturated rings. The summed E-state index contributed by atoms with van der Waals surface area (Å²) in [5.41, 5.74) is 2.30. The van der Waals surface area contributed by atoms with Crippen LogP contribution in [0.2, 0.25) is 0 Å². The summed E-state index contributed by atoms with van der Waals surface area (Å²) < 4.78 is 6.55. The second kappa shape index (κ2) is 7.99. The van der Waals surface area contributed by atoms with E-state index in [-0.39, 0.29) is 18.6 Å². The van der Waals surface area contributed by atoms with Gasteiger partial charge in [-0.1, -0.05) is 40.2 Å². The van der Waals surface area contributed by atoms with Crippen LogP contribution in [0.25, 0.3) is 0 Å². The number of halogens is 1. The number of amides is 1. The molecule has 116 valence electrons. The summed E-state index contributed by atoms with van der Waals surface area (Å²) in [6.45, 7) is 4.02. The van der Waals surface area contributed by atoms with Crippen molar-refractivity contribution < 1.29 is 9.53 Å². The first-order valence-corrected chi connectivity index (χ1v) is 8.05. The fraction of sp³-hybridized carbons (Fsp3) is 0.278. The molecule has 0 saturated carbocycles. The van der Waals surface area contributed by atoms with Gasteiger partial charge in [-0.25, -0.2) is 0 Å². The largest absolute Gasteiger partial charge is 0.484 e. The summed E-state index contributed by atoms with van der Waals surface area (Å²) in [6.07, 6.45) is 0.795. The summed E-state index contributed by atoms with van der Waals surface area (Å²) in [4.78, 5) is 11.9. The van der Waals surface area contributed by atoms with Crippen LogP contribution in [0.5, 0.6) is 5.75 Å². The molecule has 0 heterocycles. The smallest absolute Gasteiger partial charge is 0.258 e. The van der Waals surface area contributed by atoms with Crippen LogP contribution < -0.4 is 10.1 Å². The maximum absolute atomic E-state index is 11.9. The molecule has 2 rings (SSSR count). The van der Waals surface area contributed by atoms with Crippen molar-refractivity contribution in [2.45, 2.75) is 26.3 Å². The van der Waals surface area contributed by atoms with Gasteiger partial charge in [0.15, 0.2) is 6.61 Å². The Labute approximate surface area is 139 Å². The van der Waals surface area contributed by atoms with Crippen LogP contribution in [0.1, 0.15) is 18.1 Å². The standard InChI is InChI=1S/C18H20BrNO2/c1-13-4-3-5-17(10-13)22-12-18(21)20-14(2)11-15-6-8-16(19)9-7-15/h3-10,14H,11-12H2,1-2H3,(H,20,21). The summed E-state index contributed by atoms with van der Waals surface area (Å²) in [6, 6.07) is 15.9. The Morgan fingerprint density at radius 2 is 1.95 bits per heavy atom. The van der Waals surface area contributed by atoms with Gasteiger partial charge in [-0.15, -0.1) is 0 Å². The number of benzene rings is 2. The zero-order valence-corrected chi connectivity index (χ0v) is 14.4. The van der Waals surface area contributed by atoms with E-state index in [9.17, 15) is 4.79 Å². The van der Waals surface area contributed by atoms with Crippen molar-refractivity contribution >= 4 is 21.8 Å². The highest BCUT2D eigenvalue weighted by Crippen LogP contribution is 2.13. The second-order valence-corrected chi connectivity index (χ2v) is 6.32. The topological polar surface area (TPSA) is 38.3 Å². The van der Waals surface area contributed by atoms with Crippen LogP contribution >= 0.6 is 15.9 Å². The lowest BCUT2D eigenvalue weighted by Gasteiger charge is -2.14. The number of carbonyl (C=O) groups excluding carboxylic acids is 1. The molecule has 3 nitrogen and oxygen atoms in total.